The molecule has 1 saturated carbocycles. The lowest BCUT2D eigenvalue weighted by Crippen LogP contribution is -2.30. The van der Waals surface area contributed by atoms with Crippen LogP contribution in [0, 0.1) is 11.8 Å². The Morgan fingerprint density at radius 1 is 1.31 bits per heavy atom. The molecular weight excluding hydrogens is 164 g/mol. The normalized spacial score (nSPS) is 23.8. The zero-order chi connectivity index (χ0) is 9.68. The summed E-state index contributed by atoms with van der Waals surface area (Å²) < 4.78 is 0. The van der Waals surface area contributed by atoms with E-state index in [1.54, 1.807) is 6.08 Å². The van der Waals surface area contributed by atoms with Crippen LogP contribution in [0.4, 0.5) is 0 Å². The molecule has 2 heteroatoms. The van der Waals surface area contributed by atoms with Crippen molar-refractivity contribution in [2.45, 2.75) is 38.2 Å². The van der Waals surface area contributed by atoms with Gasteiger partial charge in [-0.05, 0) is 18.8 Å². The Balaban J connectivity index is 2.48. The second-order valence-corrected chi connectivity index (χ2v) is 3.96. The molecule has 1 rings (SSSR count). The van der Waals surface area contributed by atoms with E-state index in [2.05, 4.69) is 6.58 Å². The van der Waals surface area contributed by atoms with E-state index in [0.717, 1.165) is 0 Å². The summed E-state index contributed by atoms with van der Waals surface area (Å²) in [6, 6.07) is 0. The minimum absolute atomic E-state index is 0.0882. The fourth-order valence-corrected chi connectivity index (χ4v) is 2.30. The van der Waals surface area contributed by atoms with E-state index in [0.29, 0.717) is 5.92 Å². The van der Waals surface area contributed by atoms with Gasteiger partial charge >= 0.3 is 0 Å². The predicted octanol–water partition coefficient (Wildman–Crippen LogP) is 1.72. The maximum absolute atomic E-state index is 9.55. The van der Waals surface area contributed by atoms with E-state index in [-0.39, 0.29) is 12.5 Å². The van der Waals surface area contributed by atoms with E-state index in [1.807, 2.05) is 0 Å². The Bertz CT molecular complexity index is 150. The molecule has 0 aromatic carbocycles. The van der Waals surface area contributed by atoms with Crippen molar-refractivity contribution >= 4 is 0 Å². The van der Waals surface area contributed by atoms with Crippen LogP contribution >= 0.6 is 0 Å². The predicted molar refractivity (Wildman–Crippen MR) is 53.4 cm³/mol. The van der Waals surface area contributed by atoms with Gasteiger partial charge in [0.05, 0.1) is 12.7 Å². The Labute approximate surface area is 80.3 Å². The molecule has 0 spiro atoms. The molecule has 0 bridgehead atoms. The van der Waals surface area contributed by atoms with Crippen LogP contribution in [0.2, 0.25) is 0 Å². The summed E-state index contributed by atoms with van der Waals surface area (Å²) in [4.78, 5) is 0. The summed E-state index contributed by atoms with van der Waals surface area (Å²) in [5.74, 6) is 0.624. The van der Waals surface area contributed by atoms with E-state index in [1.165, 1.54) is 32.1 Å². The van der Waals surface area contributed by atoms with Gasteiger partial charge in [-0.25, -0.2) is 0 Å². The van der Waals surface area contributed by atoms with Gasteiger partial charge in [-0.15, -0.1) is 6.58 Å². The molecule has 0 aromatic heterocycles. The molecule has 76 valence electrons. The van der Waals surface area contributed by atoms with Crippen molar-refractivity contribution in [3.05, 3.63) is 12.7 Å². The van der Waals surface area contributed by atoms with Crippen LogP contribution in [-0.2, 0) is 0 Å². The van der Waals surface area contributed by atoms with Gasteiger partial charge in [-0.1, -0.05) is 25.3 Å². The van der Waals surface area contributed by atoms with E-state index < -0.39 is 6.10 Å². The van der Waals surface area contributed by atoms with Gasteiger partial charge in [-0.3, -0.25) is 0 Å². The van der Waals surface area contributed by atoms with Crippen LogP contribution in [0.1, 0.15) is 32.1 Å². The maximum atomic E-state index is 9.55. The topological polar surface area (TPSA) is 40.5 Å². The molecule has 2 atom stereocenters. The van der Waals surface area contributed by atoms with Crippen molar-refractivity contribution in [2.24, 2.45) is 11.8 Å². The van der Waals surface area contributed by atoms with E-state index >= 15 is 0 Å². The van der Waals surface area contributed by atoms with Crippen molar-refractivity contribution in [3.63, 3.8) is 0 Å². The molecule has 1 fully saturated rings. The molecule has 0 aliphatic heterocycles. The van der Waals surface area contributed by atoms with Gasteiger partial charge in [0.15, 0.2) is 0 Å². The van der Waals surface area contributed by atoms with Crippen molar-refractivity contribution in [1.82, 2.24) is 0 Å². The molecule has 13 heavy (non-hydrogen) atoms. The average Bonchev–Trinajstić information content (AvgIpc) is 2.20. The fraction of sp³-hybridized carbons (Fsp3) is 0.818. The van der Waals surface area contributed by atoms with Gasteiger partial charge < -0.3 is 10.2 Å². The summed E-state index contributed by atoms with van der Waals surface area (Å²) in [7, 11) is 0. The second kappa shape index (κ2) is 5.40. The fourth-order valence-electron chi connectivity index (χ4n) is 2.30. The van der Waals surface area contributed by atoms with Gasteiger partial charge in [0, 0.05) is 5.92 Å². The van der Waals surface area contributed by atoms with Crippen LogP contribution in [0.3, 0.4) is 0 Å². The minimum Gasteiger partial charge on any atom is -0.394 e. The van der Waals surface area contributed by atoms with Crippen LogP contribution in [-0.4, -0.2) is 22.9 Å². The molecule has 2 N–H and O–H groups in total. The van der Waals surface area contributed by atoms with Crippen molar-refractivity contribution < 1.29 is 10.2 Å². The highest BCUT2D eigenvalue weighted by Crippen LogP contribution is 2.32. The van der Waals surface area contributed by atoms with Gasteiger partial charge in [0.2, 0.25) is 0 Å². The summed E-state index contributed by atoms with van der Waals surface area (Å²) in [5, 5.41) is 18.4. The number of rotatable bonds is 4. The highest BCUT2D eigenvalue weighted by atomic mass is 16.3. The first-order chi connectivity index (χ1) is 6.29. The summed E-state index contributed by atoms with van der Waals surface area (Å²) >= 11 is 0. The Morgan fingerprint density at radius 3 is 2.38 bits per heavy atom. The lowest BCUT2D eigenvalue weighted by atomic mass is 9.77. The van der Waals surface area contributed by atoms with Crippen LogP contribution in [0.15, 0.2) is 12.7 Å². The maximum Gasteiger partial charge on any atom is 0.0835 e. The third-order valence-electron chi connectivity index (χ3n) is 3.10. The Hall–Kier alpha value is -0.340. The smallest absolute Gasteiger partial charge is 0.0835 e. The van der Waals surface area contributed by atoms with Crippen molar-refractivity contribution in [3.8, 4) is 0 Å². The highest BCUT2D eigenvalue weighted by Gasteiger charge is 2.26. The van der Waals surface area contributed by atoms with Crippen molar-refractivity contribution in [1.29, 1.82) is 0 Å². The van der Waals surface area contributed by atoms with E-state index in [9.17, 15) is 5.11 Å². The lowest BCUT2D eigenvalue weighted by Gasteiger charge is -2.30. The molecule has 0 aromatic rings. The monoisotopic (exact) mass is 184 g/mol. The summed E-state index contributed by atoms with van der Waals surface area (Å²) in [6.45, 7) is 3.59. The first-order valence-corrected chi connectivity index (χ1v) is 5.21. The van der Waals surface area contributed by atoms with Crippen LogP contribution < -0.4 is 0 Å². The molecule has 0 saturated heterocycles. The number of hydrogen-bond acceptors (Lipinski definition) is 2. The van der Waals surface area contributed by atoms with Crippen LogP contribution in [0.5, 0.6) is 0 Å². The zero-order valence-electron chi connectivity index (χ0n) is 8.15. The first kappa shape index (κ1) is 10.7. The SMILES string of the molecule is C=CC(C(O)CO)C1CCCCC1. The largest absolute Gasteiger partial charge is 0.394 e. The molecule has 0 amide bonds. The summed E-state index contributed by atoms with van der Waals surface area (Å²) in [6.07, 6.45) is 7.37. The average molecular weight is 184 g/mol. The van der Waals surface area contributed by atoms with Crippen molar-refractivity contribution in [2.75, 3.05) is 6.61 Å². The quantitative estimate of drug-likeness (QED) is 0.653. The Morgan fingerprint density at radius 2 is 1.92 bits per heavy atom. The van der Waals surface area contributed by atoms with Crippen LogP contribution in [0.25, 0.3) is 0 Å². The summed E-state index contributed by atoms with van der Waals surface area (Å²) in [5.41, 5.74) is 0. The highest BCUT2D eigenvalue weighted by molar-refractivity contribution is 4.90. The molecule has 2 unspecified atom stereocenters. The lowest BCUT2D eigenvalue weighted by molar-refractivity contribution is 0.0347. The number of aliphatic hydroxyl groups is 2. The molecule has 0 radical (unpaired) electrons. The molecule has 2 nitrogen and oxygen atoms in total. The Kier molecular flexibility index (Phi) is 4.46. The number of aliphatic hydroxyl groups excluding tert-OH is 2. The van der Waals surface area contributed by atoms with Gasteiger partial charge in [0.1, 0.15) is 0 Å². The third kappa shape index (κ3) is 2.82. The van der Waals surface area contributed by atoms with Gasteiger partial charge in [0.25, 0.3) is 0 Å². The number of hydrogen-bond donors (Lipinski definition) is 2. The standard InChI is InChI=1S/C11H20O2/c1-2-10(11(13)8-12)9-6-4-3-5-7-9/h2,9-13H,1,3-8H2. The zero-order valence-corrected chi connectivity index (χ0v) is 8.15. The second-order valence-electron chi connectivity index (χ2n) is 3.96. The molecule has 0 heterocycles. The first-order valence-electron chi connectivity index (χ1n) is 5.21. The van der Waals surface area contributed by atoms with E-state index in [4.69, 9.17) is 5.11 Å². The molecule has 1 aliphatic carbocycles. The van der Waals surface area contributed by atoms with Gasteiger partial charge in [-0.2, -0.15) is 0 Å². The third-order valence-corrected chi connectivity index (χ3v) is 3.10. The molecule has 1 aliphatic rings. The molecular formula is C11H20O2. The minimum atomic E-state index is -0.611.